The first-order valence-corrected chi connectivity index (χ1v) is 7.66. The first-order chi connectivity index (χ1) is 11.0. The highest BCUT2D eigenvalue weighted by Crippen LogP contribution is 2.27. The molecule has 0 amide bonds. The molecular weight excluding hydrogens is 366 g/mol. The molecule has 1 atom stereocenters. The Morgan fingerprint density at radius 1 is 1.17 bits per heavy atom. The number of benzene rings is 1. The quantitative estimate of drug-likeness (QED) is 0.539. The number of carbonyl (C=O) groups excluding carboxylic acids is 1. The summed E-state index contributed by atoms with van der Waals surface area (Å²) in [6.07, 6.45) is 0. The SMILES string of the molecule is COC(OC)(OC)C(=O)c1c(Br)nnn1[C@H](C)c1ccccc1. The monoisotopic (exact) mass is 383 g/mol. The predicted molar refractivity (Wildman–Crippen MR) is 86.1 cm³/mol. The molecule has 1 heterocycles. The number of hydrogen-bond donors (Lipinski definition) is 0. The van der Waals surface area contributed by atoms with Gasteiger partial charge in [-0.25, -0.2) is 4.68 Å². The maximum atomic E-state index is 12.9. The number of methoxy groups -OCH3 is 3. The van der Waals surface area contributed by atoms with Crippen LogP contribution < -0.4 is 0 Å². The molecule has 2 rings (SSSR count). The molecule has 0 fully saturated rings. The van der Waals surface area contributed by atoms with E-state index in [0.717, 1.165) is 5.56 Å². The third-order valence-electron chi connectivity index (χ3n) is 3.60. The van der Waals surface area contributed by atoms with Crippen molar-refractivity contribution in [3.8, 4) is 0 Å². The highest BCUT2D eigenvalue weighted by molar-refractivity contribution is 9.10. The van der Waals surface area contributed by atoms with E-state index in [2.05, 4.69) is 26.2 Å². The highest BCUT2D eigenvalue weighted by Gasteiger charge is 2.44. The average Bonchev–Trinajstić information content (AvgIpc) is 2.98. The van der Waals surface area contributed by atoms with E-state index >= 15 is 0 Å². The number of ketones is 1. The zero-order chi connectivity index (χ0) is 17.0. The molecular formula is C15H18BrN3O4. The fraction of sp³-hybridized carbons (Fsp3) is 0.400. The lowest BCUT2D eigenvalue weighted by molar-refractivity contribution is -0.312. The zero-order valence-corrected chi connectivity index (χ0v) is 14.9. The lowest BCUT2D eigenvalue weighted by Gasteiger charge is -2.27. The molecule has 0 bridgehead atoms. The Balaban J connectivity index is 2.49. The fourth-order valence-corrected chi connectivity index (χ4v) is 2.72. The Morgan fingerprint density at radius 2 is 1.74 bits per heavy atom. The van der Waals surface area contributed by atoms with Crippen LogP contribution in [-0.4, -0.2) is 48.1 Å². The molecule has 7 nitrogen and oxygen atoms in total. The number of nitrogens with zero attached hydrogens (tertiary/aromatic N) is 3. The van der Waals surface area contributed by atoms with E-state index in [0.29, 0.717) is 4.60 Å². The molecule has 0 saturated heterocycles. The van der Waals surface area contributed by atoms with Gasteiger partial charge in [0.2, 0.25) is 0 Å². The summed E-state index contributed by atoms with van der Waals surface area (Å²) in [4.78, 5) is 12.9. The summed E-state index contributed by atoms with van der Waals surface area (Å²) in [5.41, 5.74) is 1.18. The van der Waals surface area contributed by atoms with E-state index < -0.39 is 11.8 Å². The number of halogens is 1. The Hall–Kier alpha value is -1.61. The summed E-state index contributed by atoms with van der Waals surface area (Å²) < 4.78 is 17.2. The Kier molecular flexibility index (Phi) is 5.64. The van der Waals surface area contributed by atoms with Crippen molar-refractivity contribution in [1.82, 2.24) is 15.0 Å². The van der Waals surface area contributed by atoms with Crippen LogP contribution in [0, 0.1) is 0 Å². The van der Waals surface area contributed by atoms with Crippen LogP contribution in [0.15, 0.2) is 34.9 Å². The summed E-state index contributed by atoms with van der Waals surface area (Å²) in [7, 11) is 3.98. The van der Waals surface area contributed by atoms with Crippen LogP contribution in [0.2, 0.25) is 0 Å². The molecule has 0 unspecified atom stereocenters. The number of ether oxygens (including phenoxy) is 3. The van der Waals surface area contributed by atoms with Gasteiger partial charge in [0.05, 0.1) is 6.04 Å². The lowest BCUT2D eigenvalue weighted by Crippen LogP contribution is -2.45. The highest BCUT2D eigenvalue weighted by atomic mass is 79.9. The number of rotatable bonds is 7. The van der Waals surface area contributed by atoms with E-state index in [4.69, 9.17) is 14.2 Å². The van der Waals surface area contributed by atoms with Crippen molar-refractivity contribution in [2.24, 2.45) is 0 Å². The number of carbonyl (C=O) groups is 1. The molecule has 0 spiro atoms. The molecule has 0 saturated carbocycles. The van der Waals surface area contributed by atoms with Crippen molar-refractivity contribution in [1.29, 1.82) is 0 Å². The second-order valence-corrected chi connectivity index (χ2v) is 5.51. The summed E-state index contributed by atoms with van der Waals surface area (Å²) in [5.74, 6) is -2.39. The Morgan fingerprint density at radius 3 is 2.26 bits per heavy atom. The molecule has 0 aliphatic heterocycles. The van der Waals surface area contributed by atoms with Gasteiger partial charge in [0.1, 0.15) is 5.69 Å². The van der Waals surface area contributed by atoms with Crippen molar-refractivity contribution in [3.63, 3.8) is 0 Å². The summed E-state index contributed by atoms with van der Waals surface area (Å²) in [5, 5.41) is 8.00. The zero-order valence-electron chi connectivity index (χ0n) is 13.3. The van der Waals surface area contributed by atoms with Crippen LogP contribution in [-0.2, 0) is 14.2 Å². The van der Waals surface area contributed by atoms with Gasteiger partial charge in [0.15, 0.2) is 4.60 Å². The molecule has 0 N–H and O–H groups in total. The molecule has 23 heavy (non-hydrogen) atoms. The van der Waals surface area contributed by atoms with Gasteiger partial charge < -0.3 is 14.2 Å². The smallest absolute Gasteiger partial charge is 0.324 e. The summed E-state index contributed by atoms with van der Waals surface area (Å²) in [6, 6.07) is 9.45. The first-order valence-electron chi connectivity index (χ1n) is 6.86. The minimum Gasteiger partial charge on any atom is -0.324 e. The molecule has 124 valence electrons. The number of aromatic nitrogens is 3. The van der Waals surface area contributed by atoms with Crippen LogP contribution in [0.25, 0.3) is 0 Å². The van der Waals surface area contributed by atoms with Crippen LogP contribution >= 0.6 is 15.9 Å². The molecule has 0 radical (unpaired) electrons. The average molecular weight is 384 g/mol. The summed E-state index contributed by atoms with van der Waals surface area (Å²) >= 11 is 3.26. The van der Waals surface area contributed by atoms with E-state index in [9.17, 15) is 4.79 Å². The van der Waals surface area contributed by atoms with Crippen molar-refractivity contribution >= 4 is 21.7 Å². The topological polar surface area (TPSA) is 75.5 Å². The maximum Gasteiger partial charge on any atom is 0.352 e. The second kappa shape index (κ2) is 7.31. The van der Waals surface area contributed by atoms with Crippen molar-refractivity contribution in [2.45, 2.75) is 18.9 Å². The van der Waals surface area contributed by atoms with Gasteiger partial charge >= 0.3 is 5.97 Å². The molecule has 1 aromatic heterocycles. The van der Waals surface area contributed by atoms with Gasteiger partial charge in [-0.15, -0.1) is 5.10 Å². The molecule has 0 aliphatic carbocycles. The van der Waals surface area contributed by atoms with Crippen LogP contribution in [0.5, 0.6) is 0 Å². The predicted octanol–water partition coefficient (Wildman–Crippen LogP) is 2.43. The molecule has 2 aromatic rings. The van der Waals surface area contributed by atoms with Gasteiger partial charge in [-0.1, -0.05) is 35.5 Å². The van der Waals surface area contributed by atoms with Crippen molar-refractivity contribution < 1.29 is 19.0 Å². The lowest BCUT2D eigenvalue weighted by atomic mass is 10.1. The third-order valence-corrected chi connectivity index (χ3v) is 4.14. The van der Waals surface area contributed by atoms with Crippen molar-refractivity contribution in [2.75, 3.05) is 21.3 Å². The normalized spacial score (nSPS) is 13.1. The number of Topliss-reactive ketones (excluding diaryl/α,β-unsaturated/α-hetero) is 1. The van der Waals surface area contributed by atoms with Crippen LogP contribution in [0.3, 0.4) is 0 Å². The first kappa shape index (κ1) is 17.7. The van der Waals surface area contributed by atoms with Crippen LogP contribution in [0.4, 0.5) is 0 Å². The van der Waals surface area contributed by atoms with Gasteiger partial charge in [0.25, 0.3) is 5.78 Å². The minimum absolute atomic E-state index is 0.201. The fourth-order valence-electron chi connectivity index (χ4n) is 2.29. The van der Waals surface area contributed by atoms with Crippen molar-refractivity contribution in [3.05, 3.63) is 46.2 Å². The number of hydrogen-bond acceptors (Lipinski definition) is 6. The summed E-state index contributed by atoms with van der Waals surface area (Å²) in [6.45, 7) is 1.92. The van der Waals surface area contributed by atoms with E-state index in [-0.39, 0.29) is 11.7 Å². The van der Waals surface area contributed by atoms with Crippen LogP contribution in [0.1, 0.15) is 29.0 Å². The molecule has 8 heteroatoms. The van der Waals surface area contributed by atoms with Gasteiger partial charge in [-0.3, -0.25) is 4.79 Å². The van der Waals surface area contributed by atoms with Gasteiger partial charge in [-0.2, -0.15) is 0 Å². The standard InChI is InChI=1S/C15H18BrN3O4/c1-10(11-8-6-5-7-9-11)19-12(14(16)17-18-19)13(20)15(21-2,22-3)23-4/h5-10H,1-4H3/t10-/m1/s1. The maximum absolute atomic E-state index is 12.9. The van der Waals surface area contributed by atoms with Gasteiger partial charge in [-0.05, 0) is 28.4 Å². The molecule has 0 aliphatic rings. The van der Waals surface area contributed by atoms with E-state index in [1.165, 1.54) is 26.0 Å². The Labute approximate surface area is 142 Å². The Bertz CT molecular complexity index is 662. The molecule has 1 aromatic carbocycles. The third kappa shape index (κ3) is 3.20. The minimum atomic E-state index is -1.85. The van der Waals surface area contributed by atoms with E-state index in [1.807, 2.05) is 37.3 Å². The van der Waals surface area contributed by atoms with Gasteiger partial charge in [0, 0.05) is 21.3 Å². The second-order valence-electron chi connectivity index (χ2n) is 4.76. The van der Waals surface area contributed by atoms with E-state index in [1.54, 1.807) is 0 Å². The largest absolute Gasteiger partial charge is 0.352 e.